The first-order valence-electron chi connectivity index (χ1n) is 5.25. The van der Waals surface area contributed by atoms with Crippen LogP contribution in [0.3, 0.4) is 0 Å². The van der Waals surface area contributed by atoms with Crippen LogP contribution in [0.5, 0.6) is 0 Å². The van der Waals surface area contributed by atoms with E-state index in [4.69, 9.17) is 0 Å². The fourth-order valence-corrected chi connectivity index (χ4v) is 1.79. The fraction of sp³-hybridized carbons (Fsp3) is 0. The predicted octanol–water partition coefficient (Wildman–Crippen LogP) is 3.33. The Balaban J connectivity index is 2.26. The van der Waals surface area contributed by atoms with Gasteiger partial charge in [0.25, 0.3) is 0 Å². The summed E-state index contributed by atoms with van der Waals surface area (Å²) < 4.78 is 0. The van der Waals surface area contributed by atoms with Crippen molar-refractivity contribution in [3.05, 3.63) is 59.7 Å². The number of rotatable bonds is 3. The second kappa shape index (κ2) is 5.42. The molecule has 0 bridgehead atoms. The highest BCUT2D eigenvalue weighted by atomic mass is 32.1. The number of hydrogen-bond acceptors (Lipinski definition) is 4. The van der Waals surface area contributed by atoms with E-state index in [1.807, 2.05) is 0 Å². The molecule has 0 aliphatic rings. The topological polar surface area (TPSA) is 34.1 Å². The number of hydrogen-bond donors (Lipinski definition) is 2. The first-order chi connectivity index (χ1) is 8.58. The van der Waals surface area contributed by atoms with Gasteiger partial charge in [-0.1, -0.05) is 0 Å². The summed E-state index contributed by atoms with van der Waals surface area (Å²) >= 11 is 8.26. The van der Waals surface area contributed by atoms with Gasteiger partial charge in [0.1, 0.15) is 0 Å². The fourth-order valence-electron chi connectivity index (χ4n) is 1.49. The summed E-state index contributed by atoms with van der Waals surface area (Å²) in [6.45, 7) is 0. The minimum absolute atomic E-state index is 0.368. The maximum Gasteiger partial charge on any atom is 0.233 e. The van der Waals surface area contributed by atoms with Crippen LogP contribution in [-0.2, 0) is 0 Å². The van der Waals surface area contributed by atoms with Crippen LogP contribution >= 0.6 is 25.3 Å². The molecule has 0 amide bonds. The van der Waals surface area contributed by atoms with Crippen molar-refractivity contribution in [3.8, 4) is 0 Å². The zero-order valence-corrected chi connectivity index (χ0v) is 11.1. The largest absolute Gasteiger partial charge is 0.285 e. The zero-order chi connectivity index (χ0) is 13.1. The lowest BCUT2D eigenvalue weighted by Crippen LogP contribution is -2.14. The molecule has 0 unspecified atom stereocenters. The van der Waals surface area contributed by atoms with Crippen LogP contribution in [-0.4, -0.2) is 11.6 Å². The van der Waals surface area contributed by atoms with Crippen molar-refractivity contribution in [3.63, 3.8) is 0 Å². The van der Waals surface area contributed by atoms with Gasteiger partial charge in [-0.2, -0.15) is 0 Å². The number of carbonyl (C=O) groups excluding carboxylic acids is 2. The Hall–Kier alpha value is -1.52. The quantitative estimate of drug-likeness (QED) is 0.511. The van der Waals surface area contributed by atoms with Gasteiger partial charge in [0.2, 0.25) is 11.6 Å². The molecule has 2 nitrogen and oxygen atoms in total. The summed E-state index contributed by atoms with van der Waals surface area (Å²) in [5.74, 6) is -1.04. The lowest BCUT2D eigenvalue weighted by molar-refractivity contribution is 0.0817. The van der Waals surface area contributed by atoms with Crippen molar-refractivity contribution in [2.24, 2.45) is 0 Å². The van der Waals surface area contributed by atoms with Gasteiger partial charge in [0.05, 0.1) is 0 Å². The molecule has 0 saturated carbocycles. The molecule has 0 radical (unpaired) electrons. The Bertz CT molecular complexity index is 531. The molecule has 2 aromatic carbocycles. The second-order valence-electron chi connectivity index (χ2n) is 3.75. The summed E-state index contributed by atoms with van der Waals surface area (Å²) in [5.41, 5.74) is 0.737. The standard InChI is InChI=1S/C14H10O2S2/c15-13(9-1-5-11(17)6-2-9)14(16)10-3-7-12(18)8-4-10/h1-8,17-18H. The average molecular weight is 274 g/mol. The lowest BCUT2D eigenvalue weighted by atomic mass is 10.0. The van der Waals surface area contributed by atoms with Crippen molar-refractivity contribution in [2.75, 3.05) is 0 Å². The third-order valence-electron chi connectivity index (χ3n) is 2.47. The highest BCUT2D eigenvalue weighted by Crippen LogP contribution is 2.13. The molecular formula is C14H10O2S2. The van der Waals surface area contributed by atoms with Gasteiger partial charge in [-0.05, 0) is 48.5 Å². The summed E-state index contributed by atoms with van der Waals surface area (Å²) in [5, 5.41) is 0. The van der Waals surface area contributed by atoms with Crippen molar-refractivity contribution in [1.82, 2.24) is 0 Å². The van der Waals surface area contributed by atoms with Crippen LogP contribution in [0, 0.1) is 0 Å². The normalized spacial score (nSPS) is 10.1. The monoisotopic (exact) mass is 274 g/mol. The number of benzene rings is 2. The highest BCUT2D eigenvalue weighted by molar-refractivity contribution is 7.80. The van der Waals surface area contributed by atoms with Crippen LogP contribution in [0.4, 0.5) is 0 Å². The van der Waals surface area contributed by atoms with Gasteiger partial charge in [-0.3, -0.25) is 9.59 Å². The van der Waals surface area contributed by atoms with Gasteiger partial charge in [0, 0.05) is 20.9 Å². The summed E-state index contributed by atoms with van der Waals surface area (Å²) in [6.07, 6.45) is 0. The maximum absolute atomic E-state index is 11.9. The molecule has 2 aromatic rings. The molecule has 18 heavy (non-hydrogen) atoms. The van der Waals surface area contributed by atoms with Gasteiger partial charge in [0.15, 0.2) is 0 Å². The Morgan fingerprint density at radius 1 is 0.611 bits per heavy atom. The molecule has 0 atom stereocenters. The van der Waals surface area contributed by atoms with E-state index in [9.17, 15) is 9.59 Å². The van der Waals surface area contributed by atoms with E-state index in [1.165, 1.54) is 0 Å². The molecule has 2 rings (SSSR count). The first-order valence-corrected chi connectivity index (χ1v) is 6.14. The van der Waals surface area contributed by atoms with E-state index in [-0.39, 0.29) is 0 Å². The molecule has 0 spiro atoms. The third-order valence-corrected chi connectivity index (χ3v) is 3.06. The molecule has 0 heterocycles. The van der Waals surface area contributed by atoms with Crippen LogP contribution in [0.2, 0.25) is 0 Å². The van der Waals surface area contributed by atoms with Crippen molar-refractivity contribution >= 4 is 36.8 Å². The molecule has 0 aliphatic heterocycles. The first kappa shape index (κ1) is 12.9. The van der Waals surface area contributed by atoms with Crippen LogP contribution in [0.25, 0.3) is 0 Å². The third kappa shape index (κ3) is 2.83. The van der Waals surface area contributed by atoms with Crippen LogP contribution in [0.15, 0.2) is 58.3 Å². The Labute approximate surface area is 116 Å². The molecule has 0 N–H and O–H groups in total. The minimum atomic E-state index is -0.518. The second-order valence-corrected chi connectivity index (χ2v) is 4.78. The van der Waals surface area contributed by atoms with E-state index in [0.717, 1.165) is 9.79 Å². The van der Waals surface area contributed by atoms with E-state index in [0.29, 0.717) is 11.1 Å². The van der Waals surface area contributed by atoms with E-state index in [1.54, 1.807) is 48.5 Å². The molecule has 0 aliphatic carbocycles. The lowest BCUT2D eigenvalue weighted by Gasteiger charge is -2.01. The number of ketones is 2. The van der Waals surface area contributed by atoms with Gasteiger partial charge in [-0.15, -0.1) is 25.3 Å². The smallest absolute Gasteiger partial charge is 0.233 e. The van der Waals surface area contributed by atoms with Crippen molar-refractivity contribution < 1.29 is 9.59 Å². The number of Topliss-reactive ketones (excluding diaryl/α,β-unsaturated/α-hetero) is 2. The number of thiol groups is 2. The Morgan fingerprint density at radius 3 is 1.17 bits per heavy atom. The molecule has 0 aromatic heterocycles. The van der Waals surface area contributed by atoms with Crippen LogP contribution in [0.1, 0.15) is 20.7 Å². The van der Waals surface area contributed by atoms with Crippen molar-refractivity contribution in [1.29, 1.82) is 0 Å². The van der Waals surface area contributed by atoms with Crippen LogP contribution < -0.4 is 0 Å². The molecule has 0 fully saturated rings. The molecule has 90 valence electrons. The van der Waals surface area contributed by atoms with Gasteiger partial charge < -0.3 is 0 Å². The molecule has 4 heteroatoms. The summed E-state index contributed by atoms with van der Waals surface area (Å²) in [7, 11) is 0. The SMILES string of the molecule is O=C(C(=O)c1ccc(S)cc1)c1ccc(S)cc1. The average Bonchev–Trinajstić information content (AvgIpc) is 2.39. The molecular weight excluding hydrogens is 264 g/mol. The van der Waals surface area contributed by atoms with E-state index < -0.39 is 11.6 Å². The zero-order valence-electron chi connectivity index (χ0n) is 9.33. The van der Waals surface area contributed by atoms with E-state index >= 15 is 0 Å². The summed E-state index contributed by atoms with van der Waals surface area (Å²) in [6, 6.07) is 13.1. The maximum atomic E-state index is 11.9. The molecule has 0 saturated heterocycles. The Morgan fingerprint density at radius 2 is 0.889 bits per heavy atom. The van der Waals surface area contributed by atoms with E-state index in [2.05, 4.69) is 25.3 Å². The summed E-state index contributed by atoms with van der Waals surface area (Å²) in [4.78, 5) is 25.4. The van der Waals surface area contributed by atoms with Gasteiger partial charge in [-0.25, -0.2) is 0 Å². The predicted molar refractivity (Wildman–Crippen MR) is 76.0 cm³/mol. The minimum Gasteiger partial charge on any atom is -0.285 e. The Kier molecular flexibility index (Phi) is 3.89. The van der Waals surface area contributed by atoms with Gasteiger partial charge >= 0.3 is 0 Å². The number of carbonyl (C=O) groups is 2. The highest BCUT2D eigenvalue weighted by Gasteiger charge is 2.17. The van der Waals surface area contributed by atoms with Crippen molar-refractivity contribution in [2.45, 2.75) is 9.79 Å².